The molecule has 0 aromatic heterocycles. The molecule has 10 heteroatoms. The predicted molar refractivity (Wildman–Crippen MR) is 148 cm³/mol. The number of hydrogen-bond acceptors (Lipinski definition) is 7. The van der Waals surface area contributed by atoms with Crippen LogP contribution in [0.2, 0.25) is 0 Å². The third kappa shape index (κ3) is 10.2. The summed E-state index contributed by atoms with van der Waals surface area (Å²) in [6, 6.07) is 0. The summed E-state index contributed by atoms with van der Waals surface area (Å²) in [6.07, 6.45) is 9.39. The fraction of sp³-hybridized carbons (Fsp3) is 0.615. The van der Waals surface area contributed by atoms with E-state index in [-0.39, 0.29) is 12.5 Å². The summed E-state index contributed by atoms with van der Waals surface area (Å²) < 4.78 is 10.9. The third-order valence-electron chi connectivity index (χ3n) is 6.18. The second-order valence-corrected chi connectivity index (χ2v) is 9.86. The molecule has 1 amide bonds. The van der Waals surface area contributed by atoms with Gasteiger partial charge < -0.3 is 19.3 Å². The van der Waals surface area contributed by atoms with E-state index in [1.807, 2.05) is 51.1 Å². The summed E-state index contributed by atoms with van der Waals surface area (Å²) in [5.41, 5.74) is 1.87. The van der Waals surface area contributed by atoms with Crippen molar-refractivity contribution >= 4 is 35.3 Å². The first-order valence-corrected chi connectivity index (χ1v) is 13.2. The Balaban J connectivity index is 1.96. The molecule has 0 saturated carbocycles. The predicted octanol–water partition coefficient (Wildman–Crippen LogP) is 4.21. The van der Waals surface area contributed by atoms with Crippen LogP contribution in [-0.2, 0) is 14.3 Å². The lowest BCUT2D eigenvalue weighted by Gasteiger charge is -2.37. The van der Waals surface area contributed by atoms with Gasteiger partial charge in [-0.3, -0.25) is 14.7 Å². The monoisotopic (exact) mass is 541 g/mol. The Bertz CT molecular complexity index is 873. The van der Waals surface area contributed by atoms with E-state index in [0.717, 1.165) is 48.2 Å². The van der Waals surface area contributed by atoms with Gasteiger partial charge in [0, 0.05) is 80.0 Å². The molecule has 1 aliphatic carbocycles. The van der Waals surface area contributed by atoms with Crippen LogP contribution in [0.4, 0.5) is 0 Å². The number of ether oxygens (including phenoxy) is 2. The zero-order chi connectivity index (χ0) is 26.5. The van der Waals surface area contributed by atoms with Crippen LogP contribution in [-0.4, -0.2) is 105 Å². The Kier molecular flexibility index (Phi) is 13.4. The number of allylic oxidation sites excluding steroid dienone is 6. The Morgan fingerprint density at radius 2 is 1.94 bits per heavy atom. The molecule has 2 aliphatic rings. The maximum Gasteiger partial charge on any atom is 0.244 e. The standard InChI is InChI=1S/C26H41Cl2N5O3/c1-6-36-17-16-30(4)11-10-29-33(22(3)21(2)27)20-26(34)32-14-12-31(13-15-32)24-9-7-8-23(28)18-25(19-24)35-5/h8-10,19H,6-7,11-18,20H2,1-5H3/b22-21+,23-8+,24-9?,25-19+,29-10+. The molecule has 2 rings (SSSR count). The van der Waals surface area contributed by atoms with Crippen molar-refractivity contribution in [3.8, 4) is 0 Å². The number of hydrazone groups is 1. The maximum absolute atomic E-state index is 13.2. The van der Waals surface area contributed by atoms with Crippen LogP contribution in [0.25, 0.3) is 0 Å². The molecular formula is C26H41Cl2N5O3. The first-order valence-electron chi connectivity index (χ1n) is 12.5. The van der Waals surface area contributed by atoms with Gasteiger partial charge in [0.2, 0.25) is 5.91 Å². The second kappa shape index (κ2) is 16.0. The van der Waals surface area contributed by atoms with E-state index >= 15 is 0 Å². The number of rotatable bonds is 12. The van der Waals surface area contributed by atoms with Crippen LogP contribution < -0.4 is 0 Å². The van der Waals surface area contributed by atoms with Crippen LogP contribution in [0, 0.1) is 0 Å². The van der Waals surface area contributed by atoms with E-state index in [9.17, 15) is 4.79 Å². The molecule has 1 saturated heterocycles. The molecular weight excluding hydrogens is 501 g/mol. The van der Waals surface area contributed by atoms with Crippen molar-refractivity contribution in [1.29, 1.82) is 0 Å². The minimum Gasteiger partial charge on any atom is -0.501 e. The normalized spacial score (nSPS) is 20.7. The highest BCUT2D eigenvalue weighted by molar-refractivity contribution is 6.29. The van der Waals surface area contributed by atoms with Gasteiger partial charge in [0.25, 0.3) is 0 Å². The number of carbonyl (C=O) groups is 1. The molecule has 0 radical (unpaired) electrons. The quantitative estimate of drug-likeness (QED) is 0.209. The minimum atomic E-state index is 0.0308. The number of methoxy groups -OCH3 is 1. The fourth-order valence-corrected chi connectivity index (χ4v) is 4.09. The van der Waals surface area contributed by atoms with Gasteiger partial charge in [0.15, 0.2) is 0 Å². The van der Waals surface area contributed by atoms with Crippen LogP contribution >= 0.6 is 23.2 Å². The highest BCUT2D eigenvalue weighted by Gasteiger charge is 2.24. The summed E-state index contributed by atoms with van der Waals surface area (Å²) in [5, 5.41) is 7.65. The first kappa shape index (κ1) is 30.2. The van der Waals surface area contributed by atoms with Crippen molar-refractivity contribution in [1.82, 2.24) is 19.7 Å². The third-order valence-corrected chi connectivity index (χ3v) is 6.75. The van der Waals surface area contributed by atoms with E-state index in [4.69, 9.17) is 32.7 Å². The molecule has 8 nitrogen and oxygen atoms in total. The number of carbonyl (C=O) groups excluding carboxylic acids is 1. The Hall–Kier alpha value is -2.00. The van der Waals surface area contributed by atoms with Gasteiger partial charge in [-0.1, -0.05) is 35.4 Å². The summed E-state index contributed by atoms with van der Waals surface area (Å²) in [4.78, 5) is 19.5. The van der Waals surface area contributed by atoms with E-state index in [2.05, 4.69) is 21.0 Å². The summed E-state index contributed by atoms with van der Waals surface area (Å²) in [5.74, 6) is 0.861. The van der Waals surface area contributed by atoms with Gasteiger partial charge in [0.05, 0.1) is 13.7 Å². The largest absolute Gasteiger partial charge is 0.501 e. The maximum atomic E-state index is 13.2. The zero-order valence-electron chi connectivity index (χ0n) is 22.3. The fourth-order valence-electron chi connectivity index (χ4n) is 3.77. The molecule has 0 aromatic rings. The lowest BCUT2D eigenvalue weighted by molar-refractivity contribution is -0.133. The van der Waals surface area contributed by atoms with Crippen molar-refractivity contribution in [3.63, 3.8) is 0 Å². The molecule has 0 atom stereocenters. The Morgan fingerprint density at radius 3 is 2.58 bits per heavy atom. The van der Waals surface area contributed by atoms with Gasteiger partial charge in [-0.15, -0.1) is 0 Å². The van der Waals surface area contributed by atoms with Crippen LogP contribution in [0.15, 0.2) is 50.5 Å². The Morgan fingerprint density at radius 1 is 1.22 bits per heavy atom. The van der Waals surface area contributed by atoms with E-state index in [1.54, 1.807) is 12.1 Å². The molecule has 0 N–H and O–H groups in total. The topological polar surface area (TPSA) is 60.9 Å². The van der Waals surface area contributed by atoms with Crippen LogP contribution in [0.5, 0.6) is 0 Å². The molecule has 36 heavy (non-hydrogen) atoms. The molecule has 0 unspecified atom stereocenters. The number of halogens is 2. The Labute approximate surface area is 226 Å². The number of likely N-dealkylation sites (N-methyl/N-ethyl adjacent to an activating group) is 1. The summed E-state index contributed by atoms with van der Waals surface area (Å²) in [7, 11) is 3.68. The molecule has 1 heterocycles. The molecule has 0 aromatic carbocycles. The van der Waals surface area contributed by atoms with Crippen molar-refractivity contribution in [2.24, 2.45) is 5.10 Å². The van der Waals surface area contributed by atoms with Gasteiger partial charge in [-0.25, -0.2) is 0 Å². The highest BCUT2D eigenvalue weighted by Crippen LogP contribution is 2.23. The van der Waals surface area contributed by atoms with Crippen molar-refractivity contribution in [3.05, 3.63) is 45.4 Å². The van der Waals surface area contributed by atoms with E-state index in [0.29, 0.717) is 44.3 Å². The number of amides is 1. The number of hydrogen-bond donors (Lipinski definition) is 0. The second-order valence-electron chi connectivity index (χ2n) is 8.81. The average molecular weight is 543 g/mol. The van der Waals surface area contributed by atoms with E-state index in [1.165, 1.54) is 0 Å². The van der Waals surface area contributed by atoms with Crippen molar-refractivity contribution < 1.29 is 14.3 Å². The van der Waals surface area contributed by atoms with Gasteiger partial charge in [0.1, 0.15) is 12.3 Å². The molecule has 0 bridgehead atoms. The van der Waals surface area contributed by atoms with Gasteiger partial charge in [-0.05, 0) is 40.3 Å². The number of nitrogens with zero attached hydrogens (tertiary/aromatic N) is 5. The lowest BCUT2D eigenvalue weighted by atomic mass is 10.1. The van der Waals surface area contributed by atoms with Crippen LogP contribution in [0.1, 0.15) is 33.6 Å². The first-order chi connectivity index (χ1) is 17.2. The summed E-state index contributed by atoms with van der Waals surface area (Å²) in [6.45, 7) is 11.5. The molecule has 202 valence electrons. The minimum absolute atomic E-state index is 0.0308. The molecule has 1 aliphatic heterocycles. The molecule has 1 fully saturated rings. The zero-order valence-corrected chi connectivity index (χ0v) is 23.8. The highest BCUT2D eigenvalue weighted by atomic mass is 35.5. The van der Waals surface area contributed by atoms with Crippen LogP contribution in [0.3, 0.4) is 0 Å². The van der Waals surface area contributed by atoms with Gasteiger partial charge in [-0.2, -0.15) is 5.10 Å². The lowest BCUT2D eigenvalue weighted by Crippen LogP contribution is -2.50. The average Bonchev–Trinajstić information content (AvgIpc) is 2.85. The smallest absolute Gasteiger partial charge is 0.244 e. The number of piperazine rings is 1. The molecule has 0 spiro atoms. The van der Waals surface area contributed by atoms with Crippen molar-refractivity contribution in [2.45, 2.75) is 33.6 Å². The van der Waals surface area contributed by atoms with Crippen molar-refractivity contribution in [2.75, 3.05) is 73.2 Å². The van der Waals surface area contributed by atoms with Gasteiger partial charge >= 0.3 is 0 Å². The SMILES string of the molecule is CCOCCN(C)C/C=N/N(CC(=O)N1CCN(C2=CC/C=C(/Cl)C/C(OC)=C\2)CC1)/C(C)=C(\C)Cl. The van der Waals surface area contributed by atoms with E-state index < -0.39 is 0 Å². The summed E-state index contributed by atoms with van der Waals surface area (Å²) >= 11 is 12.5.